The molecule has 0 radical (unpaired) electrons. The Morgan fingerprint density at radius 1 is 1.33 bits per heavy atom. The van der Waals surface area contributed by atoms with Gasteiger partial charge in [-0.15, -0.1) is 0 Å². The maximum Gasteiger partial charge on any atom is 0.0661 e. The molecule has 0 saturated heterocycles. The largest absolute Gasteiger partial charge is 0.377 e. The van der Waals surface area contributed by atoms with Gasteiger partial charge in [-0.1, -0.05) is 26.7 Å². The maximum atomic E-state index is 6.07. The van der Waals surface area contributed by atoms with Crippen LogP contribution in [0.15, 0.2) is 0 Å². The van der Waals surface area contributed by atoms with E-state index in [1.165, 1.54) is 32.1 Å². The molecule has 1 N–H and O–H groups in total. The van der Waals surface area contributed by atoms with Crippen molar-refractivity contribution < 1.29 is 4.74 Å². The summed E-state index contributed by atoms with van der Waals surface area (Å²) in [4.78, 5) is 0. The highest BCUT2D eigenvalue weighted by Crippen LogP contribution is 2.54. The van der Waals surface area contributed by atoms with Crippen LogP contribution in [0.5, 0.6) is 0 Å². The first-order chi connectivity index (χ1) is 7.19. The summed E-state index contributed by atoms with van der Waals surface area (Å²) in [7, 11) is 2.10. The van der Waals surface area contributed by atoms with E-state index < -0.39 is 0 Å². The minimum Gasteiger partial charge on any atom is -0.377 e. The minimum atomic E-state index is 0.504. The predicted molar refractivity (Wildman–Crippen MR) is 62.9 cm³/mol. The van der Waals surface area contributed by atoms with Crippen molar-refractivity contribution in [3.05, 3.63) is 0 Å². The fraction of sp³-hybridized carbons (Fsp3) is 1.00. The van der Waals surface area contributed by atoms with Crippen molar-refractivity contribution in [2.24, 2.45) is 11.3 Å². The second kappa shape index (κ2) is 4.42. The van der Waals surface area contributed by atoms with Gasteiger partial charge in [0.2, 0.25) is 0 Å². The lowest BCUT2D eigenvalue weighted by atomic mass is 9.60. The first-order valence-electron chi connectivity index (χ1n) is 6.48. The second-order valence-corrected chi connectivity index (χ2v) is 5.73. The van der Waals surface area contributed by atoms with Crippen molar-refractivity contribution in [2.45, 2.75) is 58.1 Å². The molecule has 2 heteroatoms. The lowest BCUT2D eigenvalue weighted by Crippen LogP contribution is -2.62. The Kier molecular flexibility index (Phi) is 3.36. The zero-order valence-corrected chi connectivity index (χ0v) is 10.4. The first-order valence-corrected chi connectivity index (χ1v) is 6.48. The lowest BCUT2D eigenvalue weighted by molar-refractivity contribution is -0.137. The van der Waals surface area contributed by atoms with Gasteiger partial charge in [0.05, 0.1) is 6.10 Å². The number of rotatable bonds is 4. The van der Waals surface area contributed by atoms with Crippen LogP contribution in [0.2, 0.25) is 0 Å². The highest BCUT2D eigenvalue weighted by molar-refractivity contribution is 5.09. The van der Waals surface area contributed by atoms with Crippen molar-refractivity contribution in [1.82, 2.24) is 5.32 Å². The van der Waals surface area contributed by atoms with E-state index in [-0.39, 0.29) is 0 Å². The van der Waals surface area contributed by atoms with E-state index in [2.05, 4.69) is 26.2 Å². The van der Waals surface area contributed by atoms with Crippen molar-refractivity contribution in [3.63, 3.8) is 0 Å². The maximum absolute atomic E-state index is 6.07. The Balaban J connectivity index is 1.91. The standard InChI is InChI=1S/C13H25NO/c1-10(2)9-15-12-8-11(14-3)13(12)6-4-5-7-13/h10-12,14H,4-9H2,1-3H3. The third-order valence-electron chi connectivity index (χ3n) is 4.30. The SMILES string of the molecule is CNC1CC(OCC(C)C)C12CCCC2. The third-order valence-corrected chi connectivity index (χ3v) is 4.30. The molecule has 0 bridgehead atoms. The summed E-state index contributed by atoms with van der Waals surface area (Å²) in [5, 5.41) is 3.47. The second-order valence-electron chi connectivity index (χ2n) is 5.73. The highest BCUT2D eigenvalue weighted by Gasteiger charge is 2.55. The van der Waals surface area contributed by atoms with E-state index in [0.717, 1.165) is 12.6 Å². The molecule has 0 aromatic rings. The Bertz CT molecular complexity index is 209. The van der Waals surface area contributed by atoms with E-state index in [0.29, 0.717) is 17.4 Å². The fourth-order valence-electron chi connectivity index (χ4n) is 3.40. The average molecular weight is 211 g/mol. The van der Waals surface area contributed by atoms with E-state index in [1.54, 1.807) is 0 Å². The van der Waals surface area contributed by atoms with Crippen molar-refractivity contribution in [2.75, 3.05) is 13.7 Å². The molecule has 0 heterocycles. The van der Waals surface area contributed by atoms with Crippen LogP contribution in [-0.4, -0.2) is 25.8 Å². The zero-order valence-electron chi connectivity index (χ0n) is 10.4. The van der Waals surface area contributed by atoms with Gasteiger partial charge < -0.3 is 10.1 Å². The fourth-order valence-corrected chi connectivity index (χ4v) is 3.40. The van der Waals surface area contributed by atoms with Gasteiger partial charge >= 0.3 is 0 Å². The third kappa shape index (κ3) is 1.94. The summed E-state index contributed by atoms with van der Waals surface area (Å²) < 4.78 is 6.07. The summed E-state index contributed by atoms with van der Waals surface area (Å²) >= 11 is 0. The number of hydrogen-bond donors (Lipinski definition) is 1. The average Bonchev–Trinajstić information content (AvgIpc) is 2.67. The molecule has 0 aliphatic heterocycles. The molecule has 1 spiro atoms. The van der Waals surface area contributed by atoms with Gasteiger partial charge in [-0.05, 0) is 32.2 Å². The highest BCUT2D eigenvalue weighted by atomic mass is 16.5. The van der Waals surface area contributed by atoms with Crippen molar-refractivity contribution in [1.29, 1.82) is 0 Å². The zero-order chi connectivity index (χ0) is 10.9. The number of ether oxygens (including phenoxy) is 1. The van der Waals surface area contributed by atoms with Gasteiger partial charge in [0.25, 0.3) is 0 Å². The van der Waals surface area contributed by atoms with E-state index in [9.17, 15) is 0 Å². The predicted octanol–water partition coefficient (Wildman–Crippen LogP) is 2.58. The van der Waals surface area contributed by atoms with Gasteiger partial charge in [-0.25, -0.2) is 0 Å². The number of hydrogen-bond acceptors (Lipinski definition) is 2. The molecule has 0 aromatic heterocycles. The molecule has 2 aliphatic carbocycles. The van der Waals surface area contributed by atoms with Crippen LogP contribution in [0.4, 0.5) is 0 Å². The van der Waals surface area contributed by atoms with Crippen LogP contribution >= 0.6 is 0 Å². The minimum absolute atomic E-state index is 0.504. The summed E-state index contributed by atoms with van der Waals surface area (Å²) in [5.74, 6) is 0.664. The van der Waals surface area contributed by atoms with Crippen molar-refractivity contribution in [3.8, 4) is 0 Å². The molecule has 2 unspecified atom stereocenters. The van der Waals surface area contributed by atoms with Crippen LogP contribution in [0.1, 0.15) is 46.0 Å². The molecular formula is C13H25NO. The Labute approximate surface area is 93.8 Å². The van der Waals surface area contributed by atoms with E-state index in [1.807, 2.05) is 0 Å². The van der Waals surface area contributed by atoms with E-state index >= 15 is 0 Å². The summed E-state index contributed by atoms with van der Waals surface area (Å²) in [6.45, 7) is 5.40. The van der Waals surface area contributed by atoms with Crippen LogP contribution in [0, 0.1) is 11.3 Å². The summed E-state index contributed by atoms with van der Waals surface area (Å²) in [6.07, 6.45) is 7.32. The molecule has 15 heavy (non-hydrogen) atoms. The van der Waals surface area contributed by atoms with Gasteiger partial charge in [0.1, 0.15) is 0 Å². The van der Waals surface area contributed by atoms with Gasteiger partial charge in [-0.2, -0.15) is 0 Å². The number of nitrogens with one attached hydrogen (secondary N) is 1. The van der Waals surface area contributed by atoms with Gasteiger partial charge in [-0.3, -0.25) is 0 Å². The molecule has 88 valence electrons. The molecule has 2 rings (SSSR count). The lowest BCUT2D eigenvalue weighted by Gasteiger charge is -2.54. The van der Waals surface area contributed by atoms with E-state index in [4.69, 9.17) is 4.74 Å². The normalized spacial score (nSPS) is 33.6. The molecule has 0 aromatic carbocycles. The molecular weight excluding hydrogens is 186 g/mol. The first kappa shape index (κ1) is 11.4. The van der Waals surface area contributed by atoms with Gasteiger partial charge in [0, 0.05) is 18.1 Å². The Morgan fingerprint density at radius 2 is 2.00 bits per heavy atom. The molecule has 2 nitrogen and oxygen atoms in total. The molecule has 2 fully saturated rings. The monoisotopic (exact) mass is 211 g/mol. The van der Waals surface area contributed by atoms with Crippen LogP contribution in [0.25, 0.3) is 0 Å². The van der Waals surface area contributed by atoms with Crippen LogP contribution < -0.4 is 5.32 Å². The Morgan fingerprint density at radius 3 is 2.53 bits per heavy atom. The van der Waals surface area contributed by atoms with Gasteiger partial charge in [0.15, 0.2) is 0 Å². The van der Waals surface area contributed by atoms with Crippen molar-refractivity contribution >= 4 is 0 Å². The molecule has 2 atom stereocenters. The molecule has 2 saturated carbocycles. The van der Waals surface area contributed by atoms with Crippen LogP contribution in [0.3, 0.4) is 0 Å². The molecule has 0 amide bonds. The Hall–Kier alpha value is -0.0800. The molecule has 2 aliphatic rings. The topological polar surface area (TPSA) is 21.3 Å². The summed E-state index contributed by atoms with van der Waals surface area (Å²) in [5.41, 5.74) is 0.504. The van der Waals surface area contributed by atoms with Crippen LogP contribution in [-0.2, 0) is 4.74 Å². The quantitative estimate of drug-likeness (QED) is 0.771. The smallest absolute Gasteiger partial charge is 0.0661 e. The summed E-state index contributed by atoms with van der Waals surface area (Å²) in [6, 6.07) is 0.720.